The summed E-state index contributed by atoms with van der Waals surface area (Å²) in [5.74, 6) is -3.11. The molecule has 106 valence electrons. The average Bonchev–Trinajstić information content (AvgIpc) is 2.19. The van der Waals surface area contributed by atoms with Gasteiger partial charge in [0.2, 0.25) is 3.79 Å². The van der Waals surface area contributed by atoms with Gasteiger partial charge in [0.25, 0.3) is 0 Å². The van der Waals surface area contributed by atoms with Crippen molar-refractivity contribution in [1.29, 1.82) is 0 Å². The standard InChI is InChI=1S/C11H17Cl3O4/c1-6(2)4-8(9(15)16)7(3)10(17)18-5-11(12,13)14/h6-8H,4-5H2,1-3H3,(H,15,16). The van der Waals surface area contributed by atoms with E-state index in [0.717, 1.165) is 0 Å². The van der Waals surface area contributed by atoms with Crippen molar-refractivity contribution in [3.05, 3.63) is 0 Å². The molecule has 18 heavy (non-hydrogen) atoms. The number of esters is 1. The fourth-order valence-corrected chi connectivity index (χ4v) is 1.64. The smallest absolute Gasteiger partial charge is 0.309 e. The summed E-state index contributed by atoms with van der Waals surface area (Å²) in [5, 5.41) is 9.08. The molecule has 0 aliphatic rings. The van der Waals surface area contributed by atoms with E-state index in [2.05, 4.69) is 0 Å². The van der Waals surface area contributed by atoms with E-state index in [1.54, 1.807) is 0 Å². The SMILES string of the molecule is CC(C)CC(C(=O)O)C(C)C(=O)OCC(Cl)(Cl)Cl. The van der Waals surface area contributed by atoms with Crippen LogP contribution in [0.25, 0.3) is 0 Å². The van der Waals surface area contributed by atoms with Gasteiger partial charge in [-0.1, -0.05) is 55.6 Å². The number of hydrogen-bond donors (Lipinski definition) is 1. The molecule has 0 aliphatic heterocycles. The Balaban J connectivity index is 4.52. The van der Waals surface area contributed by atoms with Gasteiger partial charge in [-0.25, -0.2) is 0 Å². The molecule has 0 spiro atoms. The van der Waals surface area contributed by atoms with Crippen molar-refractivity contribution in [3.8, 4) is 0 Å². The second-order valence-corrected chi connectivity index (χ2v) is 7.10. The van der Waals surface area contributed by atoms with E-state index >= 15 is 0 Å². The Labute approximate surface area is 122 Å². The average molecular weight is 320 g/mol. The Bertz CT molecular complexity index is 299. The van der Waals surface area contributed by atoms with E-state index in [1.165, 1.54) is 6.92 Å². The minimum Gasteiger partial charge on any atom is -0.481 e. The highest BCUT2D eigenvalue weighted by atomic mass is 35.6. The number of hydrogen-bond acceptors (Lipinski definition) is 3. The molecule has 0 rings (SSSR count). The molecule has 0 amide bonds. The molecule has 7 heteroatoms. The van der Waals surface area contributed by atoms with Crippen LogP contribution in [0.2, 0.25) is 0 Å². The van der Waals surface area contributed by atoms with Crippen LogP contribution < -0.4 is 0 Å². The lowest BCUT2D eigenvalue weighted by Crippen LogP contribution is -2.31. The molecule has 0 heterocycles. The van der Waals surface area contributed by atoms with Crippen LogP contribution in [0.15, 0.2) is 0 Å². The molecule has 1 N–H and O–H groups in total. The summed E-state index contributed by atoms with van der Waals surface area (Å²) in [6.07, 6.45) is 0.388. The number of rotatable bonds is 6. The molecule has 0 aliphatic carbocycles. The van der Waals surface area contributed by atoms with Gasteiger partial charge in [0.1, 0.15) is 6.61 Å². The van der Waals surface area contributed by atoms with Gasteiger partial charge in [-0.3, -0.25) is 9.59 Å². The fourth-order valence-electron chi connectivity index (χ4n) is 1.48. The second-order valence-electron chi connectivity index (χ2n) is 4.59. The van der Waals surface area contributed by atoms with Crippen LogP contribution in [-0.4, -0.2) is 27.4 Å². The number of alkyl halides is 3. The Morgan fingerprint density at radius 1 is 1.22 bits per heavy atom. The third kappa shape index (κ3) is 7.29. The summed E-state index contributed by atoms with van der Waals surface area (Å²) < 4.78 is 3.09. The molecular formula is C11H17Cl3O4. The summed E-state index contributed by atoms with van der Waals surface area (Å²) in [6, 6.07) is 0. The van der Waals surface area contributed by atoms with Crippen LogP contribution in [0.3, 0.4) is 0 Å². The molecule has 0 saturated heterocycles. The maximum atomic E-state index is 11.7. The Morgan fingerprint density at radius 3 is 2.06 bits per heavy atom. The highest BCUT2D eigenvalue weighted by Gasteiger charge is 2.33. The molecule has 2 unspecified atom stereocenters. The summed E-state index contributed by atoms with van der Waals surface area (Å²) in [5.41, 5.74) is 0. The van der Waals surface area contributed by atoms with Crippen LogP contribution in [0.1, 0.15) is 27.2 Å². The zero-order valence-corrected chi connectivity index (χ0v) is 12.7. The summed E-state index contributed by atoms with van der Waals surface area (Å²) in [7, 11) is 0. The predicted molar refractivity (Wildman–Crippen MR) is 71.0 cm³/mol. The van der Waals surface area contributed by atoms with E-state index in [1.807, 2.05) is 13.8 Å². The number of carbonyl (C=O) groups excluding carboxylic acids is 1. The van der Waals surface area contributed by atoms with E-state index in [-0.39, 0.29) is 5.92 Å². The van der Waals surface area contributed by atoms with Gasteiger partial charge in [-0.2, -0.15) is 0 Å². The highest BCUT2D eigenvalue weighted by Crippen LogP contribution is 2.27. The van der Waals surface area contributed by atoms with Gasteiger partial charge in [0.15, 0.2) is 0 Å². The molecule has 0 aromatic heterocycles. The Hall–Kier alpha value is -0.190. The van der Waals surface area contributed by atoms with Gasteiger partial charge >= 0.3 is 11.9 Å². The van der Waals surface area contributed by atoms with Crippen molar-refractivity contribution in [3.63, 3.8) is 0 Å². The molecule has 0 aromatic carbocycles. The van der Waals surface area contributed by atoms with Gasteiger partial charge in [-0.15, -0.1) is 0 Å². The zero-order valence-electron chi connectivity index (χ0n) is 10.5. The van der Waals surface area contributed by atoms with Crippen LogP contribution >= 0.6 is 34.8 Å². The van der Waals surface area contributed by atoms with Gasteiger partial charge in [0.05, 0.1) is 11.8 Å². The Morgan fingerprint density at radius 2 is 1.72 bits per heavy atom. The summed E-state index contributed by atoms with van der Waals surface area (Å²) >= 11 is 16.3. The summed E-state index contributed by atoms with van der Waals surface area (Å²) in [6.45, 7) is 4.88. The number of carboxylic acids is 1. The van der Waals surface area contributed by atoms with E-state index < -0.39 is 34.2 Å². The first-order valence-electron chi connectivity index (χ1n) is 5.50. The van der Waals surface area contributed by atoms with Crippen molar-refractivity contribution < 1.29 is 19.4 Å². The van der Waals surface area contributed by atoms with Crippen LogP contribution in [0, 0.1) is 17.8 Å². The first kappa shape index (κ1) is 17.8. The molecular weight excluding hydrogens is 302 g/mol. The van der Waals surface area contributed by atoms with Crippen molar-refractivity contribution in [2.45, 2.75) is 31.0 Å². The monoisotopic (exact) mass is 318 g/mol. The number of ether oxygens (including phenoxy) is 1. The first-order chi connectivity index (χ1) is 8.04. The maximum Gasteiger partial charge on any atom is 0.309 e. The fraction of sp³-hybridized carbons (Fsp3) is 0.818. The maximum absolute atomic E-state index is 11.7. The van der Waals surface area contributed by atoms with Crippen molar-refractivity contribution in [1.82, 2.24) is 0 Å². The lowest BCUT2D eigenvalue weighted by Gasteiger charge is -2.21. The highest BCUT2D eigenvalue weighted by molar-refractivity contribution is 6.67. The summed E-state index contributed by atoms with van der Waals surface area (Å²) in [4.78, 5) is 22.8. The quantitative estimate of drug-likeness (QED) is 0.603. The minimum absolute atomic E-state index is 0.162. The lowest BCUT2D eigenvalue weighted by molar-refractivity contribution is -0.157. The van der Waals surface area contributed by atoms with Gasteiger partial charge in [-0.05, 0) is 12.3 Å². The largest absolute Gasteiger partial charge is 0.481 e. The third-order valence-electron chi connectivity index (χ3n) is 2.40. The Kier molecular flexibility index (Phi) is 7.33. The molecule has 0 fully saturated rings. The van der Waals surface area contributed by atoms with E-state index in [9.17, 15) is 9.59 Å². The third-order valence-corrected chi connectivity index (χ3v) is 2.72. The second kappa shape index (κ2) is 7.41. The predicted octanol–water partition coefficient (Wildman–Crippen LogP) is 3.28. The molecule has 0 saturated carbocycles. The zero-order chi connectivity index (χ0) is 14.5. The normalized spacial score (nSPS) is 15.3. The number of carbonyl (C=O) groups is 2. The van der Waals surface area contributed by atoms with E-state index in [0.29, 0.717) is 6.42 Å². The topological polar surface area (TPSA) is 63.6 Å². The van der Waals surface area contributed by atoms with E-state index in [4.69, 9.17) is 44.6 Å². The number of carboxylic acid groups (broad SMARTS) is 1. The number of aliphatic carboxylic acids is 1. The minimum atomic E-state index is -1.69. The lowest BCUT2D eigenvalue weighted by atomic mass is 9.86. The molecule has 4 nitrogen and oxygen atoms in total. The first-order valence-corrected chi connectivity index (χ1v) is 6.64. The molecule has 2 atom stereocenters. The van der Waals surface area contributed by atoms with Crippen molar-refractivity contribution >= 4 is 46.7 Å². The number of halogens is 3. The van der Waals surface area contributed by atoms with Crippen LogP contribution in [0.4, 0.5) is 0 Å². The van der Waals surface area contributed by atoms with Gasteiger partial charge in [0, 0.05) is 0 Å². The molecule has 0 aromatic rings. The van der Waals surface area contributed by atoms with Crippen molar-refractivity contribution in [2.75, 3.05) is 6.61 Å². The van der Waals surface area contributed by atoms with Crippen LogP contribution in [-0.2, 0) is 14.3 Å². The van der Waals surface area contributed by atoms with Gasteiger partial charge < -0.3 is 9.84 Å². The molecule has 0 radical (unpaired) electrons. The molecule has 0 bridgehead atoms. The van der Waals surface area contributed by atoms with Crippen LogP contribution in [0.5, 0.6) is 0 Å². The van der Waals surface area contributed by atoms with Crippen molar-refractivity contribution in [2.24, 2.45) is 17.8 Å².